The highest BCUT2D eigenvalue weighted by molar-refractivity contribution is 14.1. The highest BCUT2D eigenvalue weighted by Crippen LogP contribution is 2.24. The number of nitrogens with zero attached hydrogens (tertiary/aromatic N) is 1. The summed E-state index contributed by atoms with van der Waals surface area (Å²) in [5.74, 6) is 1.46. The van der Waals surface area contributed by atoms with Crippen LogP contribution in [0.2, 0.25) is 0 Å². The number of rotatable bonds is 5. The van der Waals surface area contributed by atoms with Gasteiger partial charge in [0.1, 0.15) is 5.75 Å². The van der Waals surface area contributed by atoms with E-state index in [2.05, 4.69) is 39.8 Å². The first-order valence-corrected chi connectivity index (χ1v) is 6.95. The molecule has 94 valence electrons. The fourth-order valence-corrected chi connectivity index (χ4v) is 1.98. The summed E-state index contributed by atoms with van der Waals surface area (Å²) in [6.07, 6.45) is 1.84. The van der Waals surface area contributed by atoms with E-state index in [0.29, 0.717) is 5.88 Å². The second-order valence-corrected chi connectivity index (χ2v) is 4.98. The number of hydrogen-bond acceptors (Lipinski definition) is 3. The molecule has 0 bridgehead atoms. The molecule has 2 rings (SSSR count). The van der Waals surface area contributed by atoms with Crippen LogP contribution in [-0.4, -0.2) is 11.5 Å². The zero-order chi connectivity index (χ0) is 12.8. The molecule has 0 aliphatic rings. The van der Waals surface area contributed by atoms with Gasteiger partial charge in [-0.1, -0.05) is 25.1 Å². The van der Waals surface area contributed by atoms with Gasteiger partial charge in [0.25, 0.3) is 0 Å². The molecule has 0 spiro atoms. The summed E-state index contributed by atoms with van der Waals surface area (Å²) in [6, 6.07) is 11.8. The van der Waals surface area contributed by atoms with Crippen molar-refractivity contribution in [1.82, 2.24) is 10.3 Å². The summed E-state index contributed by atoms with van der Waals surface area (Å²) < 4.78 is 6.81. The molecule has 0 aliphatic carbocycles. The first-order chi connectivity index (χ1) is 8.79. The van der Waals surface area contributed by atoms with E-state index < -0.39 is 0 Å². The zero-order valence-electron chi connectivity index (χ0n) is 10.2. The average molecular weight is 354 g/mol. The van der Waals surface area contributed by atoms with Crippen molar-refractivity contribution in [2.75, 3.05) is 6.54 Å². The predicted molar refractivity (Wildman–Crippen MR) is 80.9 cm³/mol. The number of para-hydroxylation sites is 1. The second-order valence-electron chi connectivity index (χ2n) is 3.82. The predicted octanol–water partition coefficient (Wildman–Crippen LogP) is 3.59. The SMILES string of the molecule is CCNCc1ccc(Oc2ccccc2I)nc1. The first-order valence-electron chi connectivity index (χ1n) is 5.87. The van der Waals surface area contributed by atoms with Gasteiger partial charge in [-0.05, 0) is 46.8 Å². The molecule has 0 saturated heterocycles. The molecule has 0 radical (unpaired) electrons. The van der Waals surface area contributed by atoms with E-state index in [4.69, 9.17) is 4.74 Å². The van der Waals surface area contributed by atoms with Crippen molar-refractivity contribution in [3.63, 3.8) is 0 Å². The van der Waals surface area contributed by atoms with E-state index in [-0.39, 0.29) is 0 Å². The maximum atomic E-state index is 5.73. The fraction of sp³-hybridized carbons (Fsp3) is 0.214. The summed E-state index contributed by atoms with van der Waals surface area (Å²) in [6.45, 7) is 3.88. The Bertz CT molecular complexity index is 499. The summed E-state index contributed by atoms with van der Waals surface area (Å²) >= 11 is 2.25. The number of pyridine rings is 1. The van der Waals surface area contributed by atoms with Crippen molar-refractivity contribution in [3.05, 3.63) is 51.7 Å². The first kappa shape index (κ1) is 13.3. The molecule has 2 aromatic rings. The second kappa shape index (κ2) is 6.70. The summed E-state index contributed by atoms with van der Waals surface area (Å²) in [5.41, 5.74) is 1.16. The molecule has 1 N–H and O–H groups in total. The van der Waals surface area contributed by atoms with Gasteiger partial charge in [0.2, 0.25) is 5.88 Å². The van der Waals surface area contributed by atoms with Crippen LogP contribution in [0.25, 0.3) is 0 Å². The van der Waals surface area contributed by atoms with Gasteiger partial charge < -0.3 is 10.1 Å². The molecule has 1 aromatic heterocycles. The molecular weight excluding hydrogens is 339 g/mol. The molecule has 1 heterocycles. The third-order valence-electron chi connectivity index (χ3n) is 2.43. The van der Waals surface area contributed by atoms with Gasteiger partial charge in [-0.3, -0.25) is 0 Å². The van der Waals surface area contributed by atoms with Crippen molar-refractivity contribution in [1.29, 1.82) is 0 Å². The van der Waals surface area contributed by atoms with Crippen molar-refractivity contribution < 1.29 is 4.74 Å². The Morgan fingerprint density at radius 3 is 2.72 bits per heavy atom. The lowest BCUT2D eigenvalue weighted by Gasteiger charge is -2.07. The molecule has 3 nitrogen and oxygen atoms in total. The van der Waals surface area contributed by atoms with Crippen LogP contribution in [0.3, 0.4) is 0 Å². The van der Waals surface area contributed by atoms with Crippen LogP contribution in [0.1, 0.15) is 12.5 Å². The van der Waals surface area contributed by atoms with Crippen LogP contribution in [0, 0.1) is 3.57 Å². The van der Waals surface area contributed by atoms with Gasteiger partial charge >= 0.3 is 0 Å². The number of benzene rings is 1. The Hall–Kier alpha value is -1.14. The van der Waals surface area contributed by atoms with E-state index in [1.54, 1.807) is 0 Å². The van der Waals surface area contributed by atoms with E-state index in [0.717, 1.165) is 28.0 Å². The number of halogens is 1. The van der Waals surface area contributed by atoms with Gasteiger partial charge in [0.15, 0.2) is 0 Å². The summed E-state index contributed by atoms with van der Waals surface area (Å²) in [7, 11) is 0. The normalized spacial score (nSPS) is 10.3. The zero-order valence-corrected chi connectivity index (χ0v) is 12.3. The minimum absolute atomic E-state index is 0.624. The number of hydrogen-bond donors (Lipinski definition) is 1. The largest absolute Gasteiger partial charge is 0.438 e. The minimum atomic E-state index is 0.624. The third kappa shape index (κ3) is 3.68. The Labute approximate surface area is 121 Å². The van der Waals surface area contributed by atoms with E-state index in [1.165, 1.54) is 0 Å². The van der Waals surface area contributed by atoms with Gasteiger partial charge in [-0.25, -0.2) is 4.98 Å². The van der Waals surface area contributed by atoms with Crippen molar-refractivity contribution in [3.8, 4) is 11.6 Å². The average Bonchev–Trinajstić information content (AvgIpc) is 2.41. The van der Waals surface area contributed by atoms with Crippen molar-refractivity contribution in [2.45, 2.75) is 13.5 Å². The molecule has 18 heavy (non-hydrogen) atoms. The monoisotopic (exact) mass is 354 g/mol. The topological polar surface area (TPSA) is 34.1 Å². The maximum absolute atomic E-state index is 5.73. The standard InChI is InChI=1S/C14H15IN2O/c1-2-16-9-11-7-8-14(17-10-11)18-13-6-4-3-5-12(13)15/h3-8,10,16H,2,9H2,1H3. The Morgan fingerprint density at radius 1 is 1.22 bits per heavy atom. The van der Waals surface area contributed by atoms with Crippen LogP contribution < -0.4 is 10.1 Å². The number of nitrogens with one attached hydrogen (secondary N) is 1. The van der Waals surface area contributed by atoms with Crippen LogP contribution in [0.4, 0.5) is 0 Å². The maximum Gasteiger partial charge on any atom is 0.219 e. The lowest BCUT2D eigenvalue weighted by Crippen LogP contribution is -2.11. The van der Waals surface area contributed by atoms with E-state index in [9.17, 15) is 0 Å². The number of ether oxygens (including phenoxy) is 1. The lowest BCUT2D eigenvalue weighted by atomic mass is 10.3. The van der Waals surface area contributed by atoms with Gasteiger partial charge in [-0.2, -0.15) is 0 Å². The van der Waals surface area contributed by atoms with Gasteiger partial charge in [-0.15, -0.1) is 0 Å². The van der Waals surface area contributed by atoms with Crippen LogP contribution in [0.5, 0.6) is 11.6 Å². The van der Waals surface area contributed by atoms with Crippen molar-refractivity contribution in [2.24, 2.45) is 0 Å². The van der Waals surface area contributed by atoms with Gasteiger partial charge in [0.05, 0.1) is 3.57 Å². The summed E-state index contributed by atoms with van der Waals surface area (Å²) in [4.78, 5) is 4.30. The third-order valence-corrected chi connectivity index (χ3v) is 3.32. The van der Waals surface area contributed by atoms with Gasteiger partial charge in [0, 0.05) is 18.8 Å². The molecule has 4 heteroatoms. The fourth-order valence-electron chi connectivity index (χ4n) is 1.49. The van der Waals surface area contributed by atoms with Crippen molar-refractivity contribution >= 4 is 22.6 Å². The van der Waals surface area contributed by atoms with Crippen LogP contribution >= 0.6 is 22.6 Å². The van der Waals surface area contributed by atoms with Crippen LogP contribution in [-0.2, 0) is 6.54 Å². The molecule has 0 fully saturated rings. The molecular formula is C14H15IN2O. The molecule has 0 saturated carbocycles. The molecule has 0 amide bonds. The smallest absolute Gasteiger partial charge is 0.219 e. The highest BCUT2D eigenvalue weighted by Gasteiger charge is 2.02. The van der Waals surface area contributed by atoms with E-state index >= 15 is 0 Å². The Kier molecular flexibility index (Phi) is 4.95. The molecule has 0 unspecified atom stereocenters. The quantitative estimate of drug-likeness (QED) is 0.834. The van der Waals surface area contributed by atoms with E-state index in [1.807, 2.05) is 42.6 Å². The molecule has 1 aromatic carbocycles. The lowest BCUT2D eigenvalue weighted by molar-refractivity contribution is 0.459. The minimum Gasteiger partial charge on any atom is -0.438 e. The highest BCUT2D eigenvalue weighted by atomic mass is 127. The summed E-state index contributed by atoms with van der Waals surface area (Å²) in [5, 5.41) is 3.26. The van der Waals surface area contributed by atoms with Crippen LogP contribution in [0.15, 0.2) is 42.6 Å². The Balaban J connectivity index is 2.04. The Morgan fingerprint density at radius 2 is 2.06 bits per heavy atom. The molecule has 0 aliphatic heterocycles. The molecule has 0 atom stereocenters. The number of aromatic nitrogens is 1.